The van der Waals surface area contributed by atoms with E-state index in [2.05, 4.69) is 26.1 Å². The molecule has 0 amide bonds. The first-order valence-corrected chi connectivity index (χ1v) is 7.54. The van der Waals surface area contributed by atoms with Crippen molar-refractivity contribution in [3.8, 4) is 11.5 Å². The van der Waals surface area contributed by atoms with Gasteiger partial charge in [0, 0.05) is 15.7 Å². The second kappa shape index (κ2) is 4.56. The van der Waals surface area contributed by atoms with Gasteiger partial charge in [0.05, 0.1) is 18.1 Å². The van der Waals surface area contributed by atoms with E-state index in [1.165, 1.54) is 0 Å². The van der Waals surface area contributed by atoms with E-state index < -0.39 is 0 Å². The summed E-state index contributed by atoms with van der Waals surface area (Å²) in [6.07, 6.45) is 3.91. The molecule has 0 radical (unpaired) electrons. The molecular weight excluding hydrogens is 322 g/mol. The molecule has 5 nitrogen and oxygen atoms in total. The van der Waals surface area contributed by atoms with Crippen LogP contribution in [-0.4, -0.2) is 22.3 Å². The number of fused-ring (bicyclic) bond motifs is 2. The Balaban J connectivity index is 1.65. The maximum Gasteiger partial charge on any atom is 0.258 e. The third-order valence-electron chi connectivity index (χ3n) is 4.05. The fourth-order valence-electron chi connectivity index (χ4n) is 3.15. The first-order chi connectivity index (χ1) is 9.69. The van der Waals surface area contributed by atoms with Gasteiger partial charge in [-0.3, -0.25) is 0 Å². The highest BCUT2D eigenvalue weighted by Gasteiger charge is 2.43. The van der Waals surface area contributed by atoms with Gasteiger partial charge in [-0.2, -0.15) is 4.98 Å². The molecule has 3 heterocycles. The smallest absolute Gasteiger partial charge is 0.258 e. The third-order valence-corrected chi connectivity index (χ3v) is 4.50. The number of nitrogens with two attached hydrogens (primary N) is 1. The summed E-state index contributed by atoms with van der Waals surface area (Å²) >= 11 is 3.42. The van der Waals surface area contributed by atoms with Crippen LogP contribution in [0.1, 0.15) is 31.0 Å². The van der Waals surface area contributed by atoms with Crippen LogP contribution < -0.4 is 5.73 Å². The largest absolute Gasteiger partial charge is 0.399 e. The number of nitrogen functional groups attached to an aromatic ring is 1. The molecule has 0 aliphatic carbocycles. The van der Waals surface area contributed by atoms with Crippen molar-refractivity contribution in [2.24, 2.45) is 0 Å². The predicted molar refractivity (Wildman–Crippen MR) is 77.1 cm³/mol. The Morgan fingerprint density at radius 3 is 2.85 bits per heavy atom. The Morgan fingerprint density at radius 2 is 2.15 bits per heavy atom. The van der Waals surface area contributed by atoms with Crippen molar-refractivity contribution in [3.63, 3.8) is 0 Å². The molecule has 2 aliphatic rings. The predicted octanol–water partition coefficient (Wildman–Crippen LogP) is 3.12. The van der Waals surface area contributed by atoms with E-state index in [0.717, 1.165) is 35.1 Å². The summed E-state index contributed by atoms with van der Waals surface area (Å²) in [7, 11) is 0. The number of aromatic nitrogens is 2. The molecule has 2 N–H and O–H groups in total. The lowest BCUT2D eigenvalue weighted by molar-refractivity contribution is 0.0996. The molecule has 2 bridgehead atoms. The summed E-state index contributed by atoms with van der Waals surface area (Å²) in [5.41, 5.74) is 7.33. The van der Waals surface area contributed by atoms with Gasteiger partial charge in [-0.05, 0) is 37.5 Å². The lowest BCUT2D eigenvalue weighted by atomic mass is 9.89. The van der Waals surface area contributed by atoms with Crippen molar-refractivity contribution < 1.29 is 9.26 Å². The summed E-state index contributed by atoms with van der Waals surface area (Å²) in [5, 5.41) is 4.13. The Kier molecular flexibility index (Phi) is 2.82. The Morgan fingerprint density at radius 1 is 1.25 bits per heavy atom. The molecule has 6 heteroatoms. The molecule has 2 fully saturated rings. The van der Waals surface area contributed by atoms with Gasteiger partial charge in [0.25, 0.3) is 5.89 Å². The molecule has 104 valence electrons. The highest BCUT2D eigenvalue weighted by molar-refractivity contribution is 9.10. The number of hydrogen-bond acceptors (Lipinski definition) is 5. The number of benzene rings is 1. The quantitative estimate of drug-likeness (QED) is 0.853. The van der Waals surface area contributed by atoms with Crippen molar-refractivity contribution in [2.75, 3.05) is 5.73 Å². The monoisotopic (exact) mass is 335 g/mol. The van der Waals surface area contributed by atoms with Crippen LogP contribution in [0.25, 0.3) is 11.5 Å². The van der Waals surface area contributed by atoms with Gasteiger partial charge >= 0.3 is 0 Å². The average Bonchev–Trinajstić information content (AvgIpc) is 3.13. The van der Waals surface area contributed by atoms with E-state index in [9.17, 15) is 0 Å². The van der Waals surface area contributed by atoms with E-state index in [-0.39, 0.29) is 12.0 Å². The zero-order valence-electron chi connectivity index (χ0n) is 10.8. The zero-order chi connectivity index (χ0) is 13.7. The fraction of sp³-hybridized carbons (Fsp3) is 0.429. The molecule has 1 aromatic carbocycles. The molecule has 2 aromatic rings. The van der Waals surface area contributed by atoms with Gasteiger partial charge in [-0.15, -0.1) is 0 Å². The third kappa shape index (κ3) is 2.03. The van der Waals surface area contributed by atoms with Gasteiger partial charge in [-0.25, -0.2) is 0 Å². The van der Waals surface area contributed by atoms with Gasteiger partial charge < -0.3 is 15.0 Å². The van der Waals surface area contributed by atoms with Crippen molar-refractivity contribution in [1.82, 2.24) is 10.1 Å². The Bertz CT molecular complexity index is 637. The summed E-state index contributed by atoms with van der Waals surface area (Å²) in [6, 6.07) is 5.59. The molecule has 4 rings (SSSR count). The summed E-state index contributed by atoms with van der Waals surface area (Å²) < 4.78 is 12.1. The maximum absolute atomic E-state index is 5.84. The lowest BCUT2D eigenvalue weighted by Gasteiger charge is -2.13. The van der Waals surface area contributed by atoms with Crippen molar-refractivity contribution in [3.05, 3.63) is 28.5 Å². The molecule has 2 aliphatic heterocycles. The minimum atomic E-state index is 0.262. The number of ether oxygens (including phenoxy) is 1. The lowest BCUT2D eigenvalue weighted by Crippen LogP contribution is -2.15. The van der Waals surface area contributed by atoms with Gasteiger partial charge in [-0.1, -0.05) is 21.1 Å². The molecule has 0 spiro atoms. The van der Waals surface area contributed by atoms with Gasteiger partial charge in [0.1, 0.15) is 0 Å². The second-order valence-corrected chi connectivity index (χ2v) is 6.36. The SMILES string of the molecule is Nc1cc(Br)cc(-c2nc(C3CC4CCC3O4)no2)c1. The van der Waals surface area contributed by atoms with Crippen LogP contribution in [0.2, 0.25) is 0 Å². The van der Waals surface area contributed by atoms with E-state index in [1.807, 2.05) is 18.2 Å². The van der Waals surface area contributed by atoms with Crippen LogP contribution in [0.5, 0.6) is 0 Å². The van der Waals surface area contributed by atoms with Gasteiger partial charge in [0.2, 0.25) is 0 Å². The molecule has 20 heavy (non-hydrogen) atoms. The first-order valence-electron chi connectivity index (χ1n) is 6.74. The summed E-state index contributed by atoms with van der Waals surface area (Å²) in [6.45, 7) is 0. The van der Waals surface area contributed by atoms with E-state index >= 15 is 0 Å². The first kappa shape index (κ1) is 12.3. The number of rotatable bonds is 2. The average molecular weight is 336 g/mol. The van der Waals surface area contributed by atoms with Crippen molar-refractivity contribution in [2.45, 2.75) is 37.4 Å². The van der Waals surface area contributed by atoms with Crippen molar-refractivity contribution >= 4 is 21.6 Å². The van der Waals surface area contributed by atoms with Crippen LogP contribution in [-0.2, 0) is 4.74 Å². The van der Waals surface area contributed by atoms with Crippen molar-refractivity contribution in [1.29, 1.82) is 0 Å². The normalized spacial score (nSPS) is 28.1. The summed E-state index contributed by atoms with van der Waals surface area (Å²) in [5.74, 6) is 1.54. The van der Waals surface area contributed by atoms with Crippen LogP contribution in [0.3, 0.4) is 0 Å². The number of halogens is 1. The maximum atomic E-state index is 5.84. The number of nitrogens with zero attached hydrogens (tertiary/aromatic N) is 2. The zero-order valence-corrected chi connectivity index (χ0v) is 12.3. The molecule has 3 unspecified atom stereocenters. The van der Waals surface area contributed by atoms with Gasteiger partial charge in [0.15, 0.2) is 5.82 Å². The van der Waals surface area contributed by atoms with Crippen LogP contribution in [0, 0.1) is 0 Å². The molecular formula is C14H14BrN3O2. The standard InChI is InChI=1S/C14H14BrN3O2/c15-8-3-7(4-9(16)5-8)14-17-13(18-20-14)11-6-10-1-2-12(11)19-10/h3-5,10-12H,1-2,6,16H2. The van der Waals surface area contributed by atoms with Crippen LogP contribution in [0.4, 0.5) is 5.69 Å². The molecule has 3 atom stereocenters. The molecule has 1 aromatic heterocycles. The highest BCUT2D eigenvalue weighted by Crippen LogP contribution is 2.43. The minimum absolute atomic E-state index is 0.262. The van der Waals surface area contributed by atoms with E-state index in [1.54, 1.807) is 0 Å². The molecule has 0 saturated carbocycles. The van der Waals surface area contributed by atoms with Crippen LogP contribution >= 0.6 is 15.9 Å². The van der Waals surface area contributed by atoms with E-state index in [0.29, 0.717) is 17.7 Å². The number of hydrogen-bond donors (Lipinski definition) is 1. The fourth-order valence-corrected chi connectivity index (χ4v) is 3.66. The highest BCUT2D eigenvalue weighted by atomic mass is 79.9. The second-order valence-electron chi connectivity index (χ2n) is 5.45. The minimum Gasteiger partial charge on any atom is -0.399 e. The Labute approximate surface area is 124 Å². The van der Waals surface area contributed by atoms with Crippen LogP contribution in [0.15, 0.2) is 27.2 Å². The van der Waals surface area contributed by atoms with E-state index in [4.69, 9.17) is 15.0 Å². The summed E-state index contributed by atoms with van der Waals surface area (Å²) in [4.78, 5) is 4.53. The molecule has 2 saturated heterocycles. The topological polar surface area (TPSA) is 74.2 Å². The number of anilines is 1. The Hall–Kier alpha value is -1.40.